The first-order valence-electron chi connectivity index (χ1n) is 10.7. The Labute approximate surface area is 207 Å². The van der Waals surface area contributed by atoms with Crippen LogP contribution in [0.3, 0.4) is 0 Å². The van der Waals surface area contributed by atoms with Crippen molar-refractivity contribution in [3.05, 3.63) is 83.1 Å². The fraction of sp³-hybridized carbons (Fsp3) is 0.200. The summed E-state index contributed by atoms with van der Waals surface area (Å²) in [6.45, 7) is 2.50. The Balaban J connectivity index is 1.46. The van der Waals surface area contributed by atoms with Crippen molar-refractivity contribution in [3.63, 3.8) is 0 Å². The van der Waals surface area contributed by atoms with Crippen LogP contribution in [-0.4, -0.2) is 45.1 Å². The summed E-state index contributed by atoms with van der Waals surface area (Å²) < 4.78 is 7.11. The number of hydrogen-bond donors (Lipinski definition) is 1. The number of nitrogens with zero attached hydrogens (tertiary/aromatic N) is 4. The van der Waals surface area contributed by atoms with Crippen molar-refractivity contribution in [2.24, 2.45) is 0 Å². The summed E-state index contributed by atoms with van der Waals surface area (Å²) in [5, 5.41) is 13.0. The van der Waals surface area contributed by atoms with Crippen molar-refractivity contribution in [1.29, 1.82) is 0 Å². The van der Waals surface area contributed by atoms with E-state index in [1.54, 1.807) is 19.5 Å². The lowest BCUT2D eigenvalue weighted by molar-refractivity contribution is -0.118. The quantitative estimate of drug-likeness (QED) is 0.339. The molecule has 4 aromatic rings. The molecule has 0 saturated carbocycles. The average Bonchev–Trinajstić information content (AvgIpc) is 3.29. The number of pyridine rings is 1. The van der Waals surface area contributed by atoms with Crippen molar-refractivity contribution < 1.29 is 9.53 Å². The van der Waals surface area contributed by atoms with Crippen molar-refractivity contribution in [2.45, 2.75) is 18.5 Å². The summed E-state index contributed by atoms with van der Waals surface area (Å²) in [6.07, 6.45) is 4.16. The van der Waals surface area contributed by atoms with Crippen LogP contribution in [0.2, 0.25) is 5.02 Å². The number of amides is 1. The number of benzene rings is 2. The molecule has 174 valence electrons. The van der Waals surface area contributed by atoms with Gasteiger partial charge in [0.1, 0.15) is 5.75 Å². The smallest absolute Gasteiger partial charge is 0.230 e. The van der Waals surface area contributed by atoms with E-state index >= 15 is 0 Å². The summed E-state index contributed by atoms with van der Waals surface area (Å²) in [4.78, 5) is 16.6. The largest absolute Gasteiger partial charge is 0.497 e. The van der Waals surface area contributed by atoms with Crippen molar-refractivity contribution in [1.82, 2.24) is 25.1 Å². The molecular weight excluding hydrogens is 470 g/mol. The van der Waals surface area contributed by atoms with Crippen LogP contribution in [0.4, 0.5) is 0 Å². The maximum Gasteiger partial charge on any atom is 0.230 e. The molecule has 0 fully saturated rings. The van der Waals surface area contributed by atoms with Crippen LogP contribution >= 0.6 is 23.4 Å². The molecule has 0 aliphatic heterocycles. The van der Waals surface area contributed by atoms with Gasteiger partial charge < -0.3 is 10.1 Å². The van der Waals surface area contributed by atoms with Gasteiger partial charge in [-0.25, -0.2) is 0 Å². The van der Waals surface area contributed by atoms with Crippen molar-refractivity contribution in [3.8, 4) is 22.8 Å². The number of rotatable bonds is 9. The van der Waals surface area contributed by atoms with Crippen LogP contribution in [0.15, 0.2) is 72.1 Å². The van der Waals surface area contributed by atoms with Crippen LogP contribution in [0.1, 0.15) is 11.1 Å². The van der Waals surface area contributed by atoms with E-state index in [-0.39, 0.29) is 11.7 Å². The maximum atomic E-state index is 12.5. The SMILES string of the molecule is COc1ccc(CCNC(=O)CSc2nnc(-c3ccncc3)n2-c2cccc(Cl)c2C)cc1. The number of aromatic nitrogens is 4. The zero-order valence-electron chi connectivity index (χ0n) is 18.9. The van der Waals surface area contributed by atoms with E-state index in [2.05, 4.69) is 20.5 Å². The molecule has 0 radical (unpaired) electrons. The number of ether oxygens (including phenoxy) is 1. The summed E-state index contributed by atoms with van der Waals surface area (Å²) in [7, 11) is 1.64. The highest BCUT2D eigenvalue weighted by Crippen LogP contribution is 2.31. The third-order valence-corrected chi connectivity index (χ3v) is 6.62. The Bertz CT molecular complexity index is 1260. The summed E-state index contributed by atoms with van der Waals surface area (Å²) >= 11 is 7.72. The van der Waals surface area contributed by atoms with E-state index in [4.69, 9.17) is 16.3 Å². The van der Waals surface area contributed by atoms with E-state index in [0.717, 1.165) is 34.5 Å². The zero-order chi connectivity index (χ0) is 23.9. The highest BCUT2D eigenvalue weighted by atomic mass is 35.5. The standard InChI is InChI=1S/C25H24ClN5O2S/c1-17-21(26)4-3-5-22(17)31-24(19-11-13-27-14-12-19)29-30-25(31)34-16-23(32)28-15-10-18-6-8-20(33-2)9-7-18/h3-9,11-14H,10,15-16H2,1-2H3,(H,28,32). The van der Waals surface area contributed by atoms with Crippen LogP contribution in [0.25, 0.3) is 17.1 Å². The number of halogens is 1. The van der Waals surface area contributed by atoms with Gasteiger partial charge >= 0.3 is 0 Å². The summed E-state index contributed by atoms with van der Waals surface area (Å²) in [5.74, 6) is 1.63. The highest BCUT2D eigenvalue weighted by molar-refractivity contribution is 7.99. The molecule has 1 amide bonds. The first kappa shape index (κ1) is 23.8. The van der Waals surface area contributed by atoms with E-state index in [9.17, 15) is 4.79 Å². The summed E-state index contributed by atoms with van der Waals surface area (Å²) in [6, 6.07) is 17.3. The molecule has 9 heteroatoms. The van der Waals surface area contributed by atoms with E-state index < -0.39 is 0 Å². The monoisotopic (exact) mass is 493 g/mol. The molecule has 2 aromatic heterocycles. The predicted molar refractivity (Wildman–Crippen MR) is 135 cm³/mol. The second-order valence-corrected chi connectivity index (χ2v) is 8.85. The van der Waals surface area contributed by atoms with Gasteiger partial charge in [0, 0.05) is 29.5 Å². The van der Waals surface area contributed by atoms with Gasteiger partial charge in [-0.2, -0.15) is 0 Å². The van der Waals surface area contributed by atoms with Gasteiger partial charge in [0.2, 0.25) is 5.91 Å². The molecule has 1 N–H and O–H groups in total. The maximum absolute atomic E-state index is 12.5. The minimum absolute atomic E-state index is 0.0682. The molecule has 34 heavy (non-hydrogen) atoms. The fourth-order valence-electron chi connectivity index (χ4n) is 3.43. The molecule has 2 heterocycles. The Morgan fingerprint density at radius 3 is 2.59 bits per heavy atom. The van der Waals surface area contributed by atoms with Crippen LogP contribution in [0.5, 0.6) is 5.75 Å². The Hall–Kier alpha value is -3.36. The van der Waals surface area contributed by atoms with Gasteiger partial charge in [0.25, 0.3) is 0 Å². The minimum Gasteiger partial charge on any atom is -0.497 e. The molecule has 0 aliphatic carbocycles. The highest BCUT2D eigenvalue weighted by Gasteiger charge is 2.19. The Morgan fingerprint density at radius 2 is 1.85 bits per heavy atom. The second kappa shape index (κ2) is 11.2. The lowest BCUT2D eigenvalue weighted by Gasteiger charge is -2.14. The van der Waals surface area contributed by atoms with Crippen molar-refractivity contribution >= 4 is 29.3 Å². The molecule has 0 unspecified atom stereocenters. The normalized spacial score (nSPS) is 10.8. The topological polar surface area (TPSA) is 81.9 Å². The average molecular weight is 494 g/mol. The van der Waals surface area contributed by atoms with Gasteiger partial charge in [-0.05, 0) is 60.9 Å². The third kappa shape index (κ3) is 5.58. The number of thioether (sulfide) groups is 1. The predicted octanol–water partition coefficient (Wildman–Crippen LogP) is 4.75. The molecule has 7 nitrogen and oxygen atoms in total. The molecular formula is C25H24ClN5O2S. The van der Waals surface area contributed by atoms with Gasteiger partial charge in [-0.3, -0.25) is 14.3 Å². The van der Waals surface area contributed by atoms with E-state index in [1.165, 1.54) is 11.8 Å². The van der Waals surface area contributed by atoms with E-state index in [0.29, 0.717) is 22.5 Å². The molecule has 0 saturated heterocycles. The first-order chi connectivity index (χ1) is 16.6. The molecule has 2 aromatic carbocycles. The zero-order valence-corrected chi connectivity index (χ0v) is 20.4. The molecule has 0 bridgehead atoms. The lowest BCUT2D eigenvalue weighted by Crippen LogP contribution is -2.27. The number of methoxy groups -OCH3 is 1. The van der Waals surface area contributed by atoms with Gasteiger partial charge in [-0.15, -0.1) is 10.2 Å². The molecule has 0 aliphatic rings. The first-order valence-corrected chi connectivity index (χ1v) is 12.1. The van der Waals surface area contributed by atoms with Crippen LogP contribution in [-0.2, 0) is 11.2 Å². The second-order valence-electron chi connectivity index (χ2n) is 7.50. The van der Waals surface area contributed by atoms with Crippen molar-refractivity contribution in [2.75, 3.05) is 19.4 Å². The molecule has 4 rings (SSSR count). The fourth-order valence-corrected chi connectivity index (χ4v) is 4.37. The Morgan fingerprint density at radius 1 is 1.09 bits per heavy atom. The molecule has 0 atom stereocenters. The number of hydrogen-bond acceptors (Lipinski definition) is 6. The number of carbonyl (C=O) groups is 1. The van der Waals surface area contributed by atoms with Gasteiger partial charge in [-0.1, -0.05) is 41.6 Å². The van der Waals surface area contributed by atoms with Crippen LogP contribution < -0.4 is 10.1 Å². The summed E-state index contributed by atoms with van der Waals surface area (Å²) in [5.41, 5.74) is 3.78. The number of nitrogens with one attached hydrogen (secondary N) is 1. The molecule has 0 spiro atoms. The number of carbonyl (C=O) groups excluding carboxylic acids is 1. The van der Waals surface area contributed by atoms with Gasteiger partial charge in [0.05, 0.1) is 18.6 Å². The lowest BCUT2D eigenvalue weighted by atomic mass is 10.1. The third-order valence-electron chi connectivity index (χ3n) is 5.28. The minimum atomic E-state index is -0.0682. The van der Waals surface area contributed by atoms with E-state index in [1.807, 2.05) is 66.1 Å². The van der Waals surface area contributed by atoms with Crippen LogP contribution in [0, 0.1) is 6.92 Å². The van der Waals surface area contributed by atoms with Gasteiger partial charge in [0.15, 0.2) is 11.0 Å². The Kier molecular flexibility index (Phi) is 7.82.